The first-order chi connectivity index (χ1) is 10.2. The van der Waals surface area contributed by atoms with E-state index in [2.05, 4.69) is 0 Å². The maximum atomic E-state index is 12.4. The van der Waals surface area contributed by atoms with E-state index in [4.69, 9.17) is 21.1 Å². The van der Waals surface area contributed by atoms with Gasteiger partial charge in [-0.15, -0.1) is 0 Å². The van der Waals surface area contributed by atoms with Crippen molar-refractivity contribution in [2.24, 2.45) is 0 Å². The zero-order chi connectivity index (χ0) is 15.2. The number of methoxy groups -OCH3 is 1. The van der Waals surface area contributed by atoms with Crippen LogP contribution in [0.4, 0.5) is 0 Å². The number of benzene rings is 2. The van der Waals surface area contributed by atoms with Crippen LogP contribution in [-0.2, 0) is 0 Å². The van der Waals surface area contributed by atoms with E-state index < -0.39 is 0 Å². The van der Waals surface area contributed by atoms with Gasteiger partial charge in [-0.25, -0.2) is 0 Å². The molecule has 1 atom stereocenters. The number of carbonyl (C=O) groups excluding carboxylic acids is 1. The fourth-order valence-electron chi connectivity index (χ4n) is 1.88. The zero-order valence-corrected chi connectivity index (χ0v) is 13.6. The highest BCUT2D eigenvalue weighted by Crippen LogP contribution is 2.29. The van der Waals surface area contributed by atoms with Crippen LogP contribution in [0.2, 0.25) is 5.02 Å². The van der Waals surface area contributed by atoms with Gasteiger partial charge in [0.05, 0.1) is 24.3 Å². The Bertz CT molecular complexity index is 643. The quantitative estimate of drug-likeness (QED) is 0.757. The molecule has 2 aromatic rings. The second kappa shape index (κ2) is 7.44. The minimum Gasteiger partial charge on any atom is -0.496 e. The van der Waals surface area contributed by atoms with E-state index in [9.17, 15) is 4.79 Å². The van der Waals surface area contributed by atoms with Crippen molar-refractivity contribution < 1.29 is 14.3 Å². The van der Waals surface area contributed by atoms with Gasteiger partial charge in [0, 0.05) is 0 Å². The third-order valence-electron chi connectivity index (χ3n) is 2.85. The lowest BCUT2D eigenvalue weighted by atomic mass is 10.2. The predicted octanol–water partition coefficient (Wildman–Crippen LogP) is 3.89. The molecule has 0 fully saturated rings. The fraction of sp³-hybridized carbons (Fsp3) is 0.188. The lowest BCUT2D eigenvalue weighted by molar-refractivity contribution is 0.108. The molecule has 0 spiro atoms. The number of para-hydroxylation sites is 1. The summed E-state index contributed by atoms with van der Waals surface area (Å²) in [6.07, 6.45) is 0. The largest absolute Gasteiger partial charge is 0.496 e. The highest BCUT2D eigenvalue weighted by atomic mass is 35.5. The molecule has 0 heterocycles. The minimum absolute atomic E-state index is 0.00138. The van der Waals surface area contributed by atoms with Gasteiger partial charge in [0.1, 0.15) is 11.5 Å². The molecule has 1 unspecified atom stereocenters. The van der Waals surface area contributed by atoms with Crippen molar-refractivity contribution in [3.05, 3.63) is 53.1 Å². The monoisotopic (exact) mass is 322 g/mol. The topological polar surface area (TPSA) is 35.5 Å². The molecule has 2 rings (SSSR count). The standard InChI is InChI=1S/C16H16ClO3P/c1-3-20-11-8-9-15(13(17)10-11)21-16(18)12-6-4-5-7-14(12)19-2/h4-10,21H,3H2,1-2H3. The van der Waals surface area contributed by atoms with Gasteiger partial charge in [0.2, 0.25) is 0 Å². The predicted molar refractivity (Wildman–Crippen MR) is 87.9 cm³/mol. The van der Waals surface area contributed by atoms with Crippen molar-refractivity contribution in [2.75, 3.05) is 13.7 Å². The van der Waals surface area contributed by atoms with Crippen LogP contribution < -0.4 is 14.8 Å². The van der Waals surface area contributed by atoms with E-state index in [1.54, 1.807) is 25.3 Å². The van der Waals surface area contributed by atoms with Crippen molar-refractivity contribution in [1.29, 1.82) is 0 Å². The maximum Gasteiger partial charge on any atom is 0.189 e. The minimum atomic E-state index is -0.0540. The molecule has 0 aliphatic carbocycles. The van der Waals surface area contributed by atoms with E-state index in [0.29, 0.717) is 28.7 Å². The molecule has 0 aromatic heterocycles. The molecular weight excluding hydrogens is 307 g/mol. The first-order valence-corrected chi connectivity index (χ1v) is 7.90. The maximum absolute atomic E-state index is 12.4. The summed E-state index contributed by atoms with van der Waals surface area (Å²) in [5.74, 6) is 1.29. The summed E-state index contributed by atoms with van der Waals surface area (Å²) in [5.41, 5.74) is 0.571. The summed E-state index contributed by atoms with van der Waals surface area (Å²) in [6, 6.07) is 12.6. The molecule has 5 heteroatoms. The zero-order valence-electron chi connectivity index (χ0n) is 11.9. The number of halogens is 1. The van der Waals surface area contributed by atoms with E-state index in [1.165, 1.54) is 0 Å². The van der Waals surface area contributed by atoms with Crippen LogP contribution >= 0.6 is 20.2 Å². The third kappa shape index (κ3) is 3.96. The van der Waals surface area contributed by atoms with Gasteiger partial charge in [-0.05, 0) is 51.1 Å². The summed E-state index contributed by atoms with van der Waals surface area (Å²) in [7, 11) is 1.50. The van der Waals surface area contributed by atoms with Crippen LogP contribution in [0.15, 0.2) is 42.5 Å². The molecule has 0 saturated heterocycles. The SMILES string of the molecule is CCOc1ccc(PC(=O)c2ccccc2OC)c(Cl)c1. The Hall–Kier alpha value is -1.57. The second-order valence-electron chi connectivity index (χ2n) is 4.23. The molecule has 110 valence electrons. The number of ether oxygens (including phenoxy) is 2. The second-order valence-corrected chi connectivity index (χ2v) is 5.88. The van der Waals surface area contributed by atoms with Crippen molar-refractivity contribution in [2.45, 2.75) is 6.92 Å². The Morgan fingerprint density at radius 2 is 2.00 bits per heavy atom. The third-order valence-corrected chi connectivity index (χ3v) is 4.52. The molecule has 0 N–H and O–H groups in total. The molecule has 21 heavy (non-hydrogen) atoms. The lowest BCUT2D eigenvalue weighted by Crippen LogP contribution is -2.04. The lowest BCUT2D eigenvalue weighted by Gasteiger charge is -2.09. The highest BCUT2D eigenvalue weighted by Gasteiger charge is 2.14. The Balaban J connectivity index is 2.19. The van der Waals surface area contributed by atoms with Crippen LogP contribution in [0.5, 0.6) is 11.5 Å². The Morgan fingerprint density at radius 3 is 2.67 bits per heavy atom. The number of hydrogen-bond donors (Lipinski definition) is 0. The van der Waals surface area contributed by atoms with Crippen LogP contribution in [0.3, 0.4) is 0 Å². The average molecular weight is 323 g/mol. The number of rotatable bonds is 6. The van der Waals surface area contributed by atoms with E-state index in [-0.39, 0.29) is 14.1 Å². The van der Waals surface area contributed by atoms with Crippen LogP contribution in [0.1, 0.15) is 17.3 Å². The molecule has 0 saturated carbocycles. The first kappa shape index (κ1) is 15.8. The van der Waals surface area contributed by atoms with Gasteiger partial charge < -0.3 is 9.47 Å². The fourth-order valence-corrected chi connectivity index (χ4v) is 3.13. The molecule has 2 aromatic carbocycles. The Morgan fingerprint density at radius 1 is 1.24 bits per heavy atom. The van der Waals surface area contributed by atoms with Crippen LogP contribution in [0.25, 0.3) is 0 Å². The summed E-state index contributed by atoms with van der Waals surface area (Å²) in [4.78, 5) is 12.4. The van der Waals surface area contributed by atoms with Crippen LogP contribution in [0, 0.1) is 0 Å². The molecule has 0 aliphatic heterocycles. The summed E-state index contributed by atoms with van der Waals surface area (Å²) in [6.45, 7) is 2.49. The summed E-state index contributed by atoms with van der Waals surface area (Å²) >= 11 is 6.21. The molecule has 0 amide bonds. The van der Waals surface area contributed by atoms with Crippen LogP contribution in [-0.4, -0.2) is 19.2 Å². The molecule has 0 radical (unpaired) electrons. The Labute approximate surface area is 131 Å². The molecule has 0 bridgehead atoms. The smallest absolute Gasteiger partial charge is 0.189 e. The number of hydrogen-bond acceptors (Lipinski definition) is 3. The van der Waals surface area contributed by atoms with Gasteiger partial charge in [-0.1, -0.05) is 23.7 Å². The first-order valence-electron chi connectivity index (χ1n) is 6.52. The molecule has 0 aliphatic rings. The van der Waals surface area contributed by atoms with E-state index >= 15 is 0 Å². The van der Waals surface area contributed by atoms with Crippen molar-refractivity contribution in [3.8, 4) is 11.5 Å². The van der Waals surface area contributed by atoms with E-state index in [0.717, 1.165) is 5.30 Å². The molecule has 3 nitrogen and oxygen atoms in total. The highest BCUT2D eigenvalue weighted by molar-refractivity contribution is 7.66. The summed E-state index contributed by atoms with van der Waals surface area (Å²) < 4.78 is 10.6. The van der Waals surface area contributed by atoms with Gasteiger partial charge >= 0.3 is 0 Å². The normalized spacial score (nSPS) is 10.8. The van der Waals surface area contributed by atoms with Gasteiger partial charge in [-0.2, -0.15) is 0 Å². The molecular formula is C16H16ClO3P. The van der Waals surface area contributed by atoms with Gasteiger partial charge in [0.25, 0.3) is 0 Å². The van der Waals surface area contributed by atoms with E-state index in [1.807, 2.05) is 31.2 Å². The summed E-state index contributed by atoms with van der Waals surface area (Å²) in [5, 5.41) is 1.35. The van der Waals surface area contributed by atoms with Gasteiger partial charge in [-0.3, -0.25) is 4.79 Å². The average Bonchev–Trinajstić information content (AvgIpc) is 2.50. The number of carbonyl (C=O) groups is 1. The van der Waals surface area contributed by atoms with Crippen molar-refractivity contribution >= 4 is 31.0 Å². The van der Waals surface area contributed by atoms with Crippen molar-refractivity contribution in [3.63, 3.8) is 0 Å². The van der Waals surface area contributed by atoms with Crippen molar-refractivity contribution in [1.82, 2.24) is 0 Å². The van der Waals surface area contributed by atoms with Gasteiger partial charge in [0.15, 0.2) is 5.52 Å². The Kier molecular flexibility index (Phi) is 5.60.